The minimum Gasteiger partial charge on any atom is -0.387 e. The first-order valence-electron chi connectivity index (χ1n) is 7.14. The van der Waals surface area contributed by atoms with Gasteiger partial charge in [-0.1, -0.05) is 6.42 Å². The second-order valence-electron chi connectivity index (χ2n) is 6.16. The number of halogens is 3. The summed E-state index contributed by atoms with van der Waals surface area (Å²) in [5.74, 6) is 2.01. The zero-order valence-corrected chi connectivity index (χ0v) is 11.1. The summed E-state index contributed by atoms with van der Waals surface area (Å²) in [7, 11) is 0. The Morgan fingerprint density at radius 3 is 2.55 bits per heavy atom. The molecule has 4 atom stereocenters. The van der Waals surface area contributed by atoms with Gasteiger partial charge in [-0.2, -0.15) is 13.2 Å². The number of aliphatic hydroxyl groups is 1. The van der Waals surface area contributed by atoms with Gasteiger partial charge in [0, 0.05) is 6.20 Å². The van der Waals surface area contributed by atoms with E-state index in [1.807, 2.05) is 0 Å². The topological polar surface area (TPSA) is 33.1 Å². The number of hydrogen-bond acceptors (Lipinski definition) is 2. The fourth-order valence-electron chi connectivity index (χ4n) is 3.84. The van der Waals surface area contributed by atoms with Gasteiger partial charge in [-0.25, -0.2) is 0 Å². The van der Waals surface area contributed by atoms with Crippen LogP contribution in [0.4, 0.5) is 13.2 Å². The molecule has 0 aromatic carbocycles. The number of alkyl halides is 3. The molecule has 0 radical (unpaired) electrons. The summed E-state index contributed by atoms with van der Waals surface area (Å²) in [4.78, 5) is 3.78. The second kappa shape index (κ2) is 5.02. The Kier molecular flexibility index (Phi) is 3.48. The van der Waals surface area contributed by atoms with Gasteiger partial charge in [-0.05, 0) is 55.6 Å². The quantitative estimate of drug-likeness (QED) is 0.912. The molecule has 4 unspecified atom stereocenters. The Hall–Kier alpha value is -1.10. The molecule has 1 aromatic rings. The zero-order chi connectivity index (χ0) is 14.3. The summed E-state index contributed by atoms with van der Waals surface area (Å²) < 4.78 is 37.3. The highest BCUT2D eigenvalue weighted by molar-refractivity contribution is 5.18. The van der Waals surface area contributed by atoms with Gasteiger partial charge in [-0.15, -0.1) is 0 Å². The van der Waals surface area contributed by atoms with Crippen LogP contribution in [0.25, 0.3) is 0 Å². The molecule has 2 aliphatic carbocycles. The largest absolute Gasteiger partial charge is 0.417 e. The summed E-state index contributed by atoms with van der Waals surface area (Å²) in [6.07, 6.45) is 1.26. The van der Waals surface area contributed by atoms with Crippen LogP contribution in [0.3, 0.4) is 0 Å². The Labute approximate surface area is 116 Å². The third-order valence-corrected chi connectivity index (χ3v) is 4.87. The van der Waals surface area contributed by atoms with Crippen LogP contribution in [0.5, 0.6) is 0 Å². The van der Waals surface area contributed by atoms with E-state index >= 15 is 0 Å². The highest BCUT2D eigenvalue weighted by Crippen LogP contribution is 2.50. The SMILES string of the molecule is OC(CC1CC2CCC1C2)c1ccc(C(F)(F)F)cn1. The monoisotopic (exact) mass is 285 g/mol. The van der Waals surface area contributed by atoms with Crippen LogP contribution in [0, 0.1) is 17.8 Å². The molecular weight excluding hydrogens is 267 g/mol. The lowest BCUT2D eigenvalue weighted by Crippen LogP contribution is -2.15. The summed E-state index contributed by atoms with van der Waals surface area (Å²) >= 11 is 0. The Morgan fingerprint density at radius 1 is 1.25 bits per heavy atom. The Bertz CT molecular complexity index is 471. The molecule has 2 nitrogen and oxygen atoms in total. The van der Waals surface area contributed by atoms with E-state index in [9.17, 15) is 18.3 Å². The van der Waals surface area contributed by atoms with Crippen molar-refractivity contribution in [2.75, 3.05) is 0 Å². The van der Waals surface area contributed by atoms with Crippen LogP contribution in [-0.2, 0) is 6.18 Å². The van der Waals surface area contributed by atoms with Crippen LogP contribution < -0.4 is 0 Å². The number of fused-ring (bicyclic) bond motifs is 2. The summed E-state index contributed by atoms with van der Waals surface area (Å²) in [5.41, 5.74) is -0.422. The number of hydrogen-bond donors (Lipinski definition) is 1. The summed E-state index contributed by atoms with van der Waals surface area (Å²) in [6.45, 7) is 0. The van der Waals surface area contributed by atoms with E-state index in [1.54, 1.807) is 0 Å². The molecule has 5 heteroatoms. The van der Waals surface area contributed by atoms with E-state index < -0.39 is 17.8 Å². The minimum atomic E-state index is -4.37. The lowest BCUT2D eigenvalue weighted by atomic mass is 9.84. The number of rotatable bonds is 3. The van der Waals surface area contributed by atoms with Gasteiger partial charge in [0.2, 0.25) is 0 Å². The van der Waals surface area contributed by atoms with Gasteiger partial charge < -0.3 is 5.11 Å². The first-order chi connectivity index (χ1) is 9.43. The zero-order valence-electron chi connectivity index (χ0n) is 11.1. The van der Waals surface area contributed by atoms with Gasteiger partial charge in [0.05, 0.1) is 17.4 Å². The minimum absolute atomic E-state index is 0.348. The van der Waals surface area contributed by atoms with Crippen molar-refractivity contribution in [1.29, 1.82) is 0 Å². The lowest BCUT2D eigenvalue weighted by molar-refractivity contribution is -0.137. The van der Waals surface area contributed by atoms with Crippen molar-refractivity contribution >= 4 is 0 Å². The standard InChI is InChI=1S/C15H18F3NO/c16-15(17,18)12-3-4-13(19-8-12)14(20)7-11-6-9-1-2-10(11)5-9/h3-4,8-11,14,20H,1-2,5-7H2. The predicted octanol–water partition coefficient (Wildman–Crippen LogP) is 3.96. The molecule has 1 N–H and O–H groups in total. The number of aromatic nitrogens is 1. The fourth-order valence-corrected chi connectivity index (χ4v) is 3.84. The first kappa shape index (κ1) is 13.9. The molecule has 1 heterocycles. The molecule has 2 fully saturated rings. The molecule has 110 valence electrons. The smallest absolute Gasteiger partial charge is 0.387 e. The molecule has 0 spiro atoms. The van der Waals surface area contributed by atoms with E-state index in [2.05, 4.69) is 4.98 Å². The third kappa shape index (κ3) is 2.68. The molecule has 2 aliphatic rings. The average molecular weight is 285 g/mol. The van der Waals surface area contributed by atoms with Crippen molar-refractivity contribution in [2.45, 2.75) is 44.4 Å². The maximum Gasteiger partial charge on any atom is 0.417 e. The van der Waals surface area contributed by atoms with Crippen LogP contribution >= 0.6 is 0 Å². The van der Waals surface area contributed by atoms with Crippen molar-refractivity contribution in [3.8, 4) is 0 Å². The van der Waals surface area contributed by atoms with Crippen LogP contribution in [0.15, 0.2) is 18.3 Å². The van der Waals surface area contributed by atoms with E-state index in [-0.39, 0.29) is 0 Å². The van der Waals surface area contributed by atoms with E-state index in [0.29, 0.717) is 24.0 Å². The average Bonchev–Trinajstić information content (AvgIpc) is 3.00. The highest BCUT2D eigenvalue weighted by atomic mass is 19.4. The summed E-state index contributed by atoms with van der Waals surface area (Å²) in [5, 5.41) is 10.2. The number of aliphatic hydroxyl groups excluding tert-OH is 1. The van der Waals surface area contributed by atoms with Crippen molar-refractivity contribution in [1.82, 2.24) is 4.98 Å². The van der Waals surface area contributed by atoms with Gasteiger partial charge in [0.25, 0.3) is 0 Å². The van der Waals surface area contributed by atoms with Crippen LogP contribution in [0.1, 0.15) is 49.5 Å². The second-order valence-corrected chi connectivity index (χ2v) is 6.16. The number of nitrogens with zero attached hydrogens (tertiary/aromatic N) is 1. The summed E-state index contributed by atoms with van der Waals surface area (Å²) in [6, 6.07) is 2.28. The van der Waals surface area contributed by atoms with Crippen molar-refractivity contribution in [3.05, 3.63) is 29.6 Å². The van der Waals surface area contributed by atoms with Gasteiger partial charge in [-0.3, -0.25) is 4.98 Å². The fraction of sp³-hybridized carbons (Fsp3) is 0.667. The molecule has 3 rings (SSSR count). The van der Waals surface area contributed by atoms with Gasteiger partial charge in [0.15, 0.2) is 0 Å². The maximum atomic E-state index is 12.4. The predicted molar refractivity (Wildman–Crippen MR) is 67.8 cm³/mol. The van der Waals surface area contributed by atoms with Crippen molar-refractivity contribution in [3.63, 3.8) is 0 Å². The molecule has 0 aliphatic heterocycles. The van der Waals surface area contributed by atoms with Crippen LogP contribution in [-0.4, -0.2) is 10.1 Å². The van der Waals surface area contributed by atoms with E-state index in [4.69, 9.17) is 0 Å². The lowest BCUT2D eigenvalue weighted by Gasteiger charge is -2.24. The molecule has 1 aromatic heterocycles. The van der Waals surface area contributed by atoms with Crippen LogP contribution in [0.2, 0.25) is 0 Å². The van der Waals surface area contributed by atoms with Crippen molar-refractivity contribution in [2.24, 2.45) is 17.8 Å². The number of pyridine rings is 1. The molecular formula is C15H18F3NO. The van der Waals surface area contributed by atoms with Gasteiger partial charge in [0.1, 0.15) is 0 Å². The third-order valence-electron chi connectivity index (χ3n) is 4.87. The molecule has 2 bridgehead atoms. The first-order valence-corrected chi connectivity index (χ1v) is 7.14. The normalized spacial score (nSPS) is 30.7. The van der Waals surface area contributed by atoms with Gasteiger partial charge >= 0.3 is 6.18 Å². The molecule has 20 heavy (non-hydrogen) atoms. The molecule has 0 saturated heterocycles. The highest BCUT2D eigenvalue weighted by Gasteiger charge is 2.40. The Morgan fingerprint density at radius 2 is 2.05 bits per heavy atom. The van der Waals surface area contributed by atoms with E-state index in [0.717, 1.165) is 24.6 Å². The maximum absolute atomic E-state index is 12.4. The molecule has 0 amide bonds. The Balaban J connectivity index is 1.64. The van der Waals surface area contributed by atoms with Crippen molar-refractivity contribution < 1.29 is 18.3 Å². The van der Waals surface area contributed by atoms with E-state index in [1.165, 1.54) is 25.3 Å². The molecule has 2 saturated carbocycles.